The SMILES string of the molecule is C=C/C(=C\C=C\OCc1nc(C2CC2)oc1S)C(=O)OC.Cc1ccc(Cl)cn1. The molecule has 0 N–H and O–H groups in total. The lowest BCUT2D eigenvalue weighted by atomic mass is 10.2. The van der Waals surface area contributed by atoms with Gasteiger partial charge in [-0.3, -0.25) is 4.98 Å². The first kappa shape index (κ1) is 22.8. The van der Waals surface area contributed by atoms with Gasteiger partial charge in [0.1, 0.15) is 12.3 Å². The molecule has 1 aliphatic rings. The molecule has 29 heavy (non-hydrogen) atoms. The molecule has 2 aromatic heterocycles. The predicted molar refractivity (Wildman–Crippen MR) is 114 cm³/mol. The number of ether oxygens (including phenoxy) is 2. The molecule has 1 saturated carbocycles. The van der Waals surface area contributed by atoms with E-state index in [2.05, 4.69) is 33.9 Å². The van der Waals surface area contributed by atoms with Gasteiger partial charge in [-0.1, -0.05) is 24.3 Å². The second-order valence-corrected chi connectivity index (χ2v) is 7.00. The lowest BCUT2D eigenvalue weighted by molar-refractivity contribution is -0.135. The average molecular weight is 435 g/mol. The van der Waals surface area contributed by atoms with Crippen molar-refractivity contribution in [2.75, 3.05) is 7.11 Å². The monoisotopic (exact) mass is 434 g/mol. The Hall–Kier alpha value is -2.51. The highest BCUT2D eigenvalue weighted by molar-refractivity contribution is 7.80. The van der Waals surface area contributed by atoms with Gasteiger partial charge in [0, 0.05) is 17.8 Å². The predicted octanol–water partition coefficient (Wildman–Crippen LogP) is 5.20. The molecule has 0 spiro atoms. The Bertz CT molecular complexity index is 866. The van der Waals surface area contributed by atoms with Crippen molar-refractivity contribution < 1.29 is 18.7 Å². The number of allylic oxidation sites excluding steroid dienone is 2. The van der Waals surface area contributed by atoms with Crippen molar-refractivity contribution in [3.8, 4) is 0 Å². The summed E-state index contributed by atoms with van der Waals surface area (Å²) in [6, 6.07) is 3.70. The van der Waals surface area contributed by atoms with Crippen molar-refractivity contribution >= 4 is 30.2 Å². The number of thiol groups is 1. The minimum absolute atomic E-state index is 0.265. The number of esters is 1. The lowest BCUT2D eigenvalue weighted by Crippen LogP contribution is -2.01. The van der Waals surface area contributed by atoms with Crippen LogP contribution < -0.4 is 0 Å². The van der Waals surface area contributed by atoms with E-state index < -0.39 is 5.97 Å². The van der Waals surface area contributed by atoms with Crippen LogP contribution in [0.1, 0.15) is 36.0 Å². The zero-order valence-electron chi connectivity index (χ0n) is 16.3. The van der Waals surface area contributed by atoms with Gasteiger partial charge in [0.25, 0.3) is 0 Å². The minimum atomic E-state index is -0.446. The number of halogens is 1. The molecule has 0 bridgehead atoms. The zero-order chi connectivity index (χ0) is 21.2. The lowest BCUT2D eigenvalue weighted by Gasteiger charge is -1.98. The number of nitrogens with zero attached hydrogens (tertiary/aromatic N) is 2. The van der Waals surface area contributed by atoms with Gasteiger partial charge in [0.2, 0.25) is 0 Å². The Kier molecular flexibility index (Phi) is 9.02. The van der Waals surface area contributed by atoms with Gasteiger partial charge in [0.05, 0.1) is 24.0 Å². The fourth-order valence-electron chi connectivity index (χ4n) is 2.07. The summed E-state index contributed by atoms with van der Waals surface area (Å²) in [5, 5.41) is 1.18. The molecule has 0 amide bonds. The van der Waals surface area contributed by atoms with E-state index in [9.17, 15) is 4.79 Å². The minimum Gasteiger partial charge on any atom is -0.495 e. The maximum Gasteiger partial charge on any atom is 0.337 e. The van der Waals surface area contributed by atoms with Gasteiger partial charge in [0.15, 0.2) is 11.0 Å². The van der Waals surface area contributed by atoms with Gasteiger partial charge >= 0.3 is 5.97 Å². The molecule has 2 aromatic rings. The second-order valence-electron chi connectivity index (χ2n) is 6.15. The van der Waals surface area contributed by atoms with Crippen LogP contribution in [-0.2, 0) is 20.9 Å². The van der Waals surface area contributed by atoms with Crippen LogP contribution in [0.4, 0.5) is 0 Å². The van der Waals surface area contributed by atoms with Crippen molar-refractivity contribution in [1.82, 2.24) is 9.97 Å². The molecule has 8 heteroatoms. The number of rotatable bonds is 7. The summed E-state index contributed by atoms with van der Waals surface area (Å²) in [6.07, 6.45) is 9.91. The third-order valence-corrected chi connectivity index (χ3v) is 4.38. The number of pyridine rings is 1. The van der Waals surface area contributed by atoms with E-state index in [0.717, 1.165) is 24.4 Å². The van der Waals surface area contributed by atoms with Crippen LogP contribution in [0.3, 0.4) is 0 Å². The van der Waals surface area contributed by atoms with Crippen LogP contribution in [0.5, 0.6) is 0 Å². The van der Waals surface area contributed by atoms with E-state index in [1.165, 1.54) is 19.4 Å². The second kappa shape index (κ2) is 11.5. The summed E-state index contributed by atoms with van der Waals surface area (Å²) in [7, 11) is 1.32. The molecule has 0 radical (unpaired) electrons. The Labute approximate surface area is 180 Å². The molecule has 2 heterocycles. The molecule has 1 aliphatic carbocycles. The van der Waals surface area contributed by atoms with E-state index >= 15 is 0 Å². The molecule has 154 valence electrons. The van der Waals surface area contributed by atoms with Crippen molar-refractivity contribution in [2.45, 2.75) is 37.4 Å². The zero-order valence-corrected chi connectivity index (χ0v) is 18.0. The third kappa shape index (κ3) is 7.79. The van der Waals surface area contributed by atoms with E-state index in [1.54, 1.807) is 18.3 Å². The van der Waals surface area contributed by atoms with E-state index in [0.29, 0.717) is 27.3 Å². The number of aryl methyl sites for hydroxylation is 1. The molecular formula is C21H23ClN2O4S. The summed E-state index contributed by atoms with van der Waals surface area (Å²) in [6.45, 7) is 5.73. The first-order valence-electron chi connectivity index (χ1n) is 8.90. The number of hydrogen-bond donors (Lipinski definition) is 1. The van der Waals surface area contributed by atoms with Gasteiger partial charge in [-0.05, 0) is 44.1 Å². The van der Waals surface area contributed by atoms with Crippen molar-refractivity contribution in [1.29, 1.82) is 0 Å². The fourth-order valence-corrected chi connectivity index (χ4v) is 2.39. The van der Waals surface area contributed by atoms with Gasteiger partial charge in [-0.25, -0.2) is 9.78 Å². The summed E-state index contributed by atoms with van der Waals surface area (Å²) < 4.78 is 15.4. The van der Waals surface area contributed by atoms with Gasteiger partial charge in [-0.15, -0.1) is 12.6 Å². The van der Waals surface area contributed by atoms with Crippen LogP contribution in [0.15, 0.2) is 64.5 Å². The van der Waals surface area contributed by atoms with Crippen LogP contribution in [-0.4, -0.2) is 23.0 Å². The highest BCUT2D eigenvalue weighted by Crippen LogP contribution is 2.40. The summed E-state index contributed by atoms with van der Waals surface area (Å²) in [4.78, 5) is 19.6. The van der Waals surface area contributed by atoms with Crippen molar-refractivity contribution in [3.63, 3.8) is 0 Å². The first-order chi connectivity index (χ1) is 13.9. The summed E-state index contributed by atoms with van der Waals surface area (Å²) >= 11 is 9.78. The van der Waals surface area contributed by atoms with E-state index in [4.69, 9.17) is 20.8 Å². The van der Waals surface area contributed by atoms with E-state index in [1.807, 2.05) is 19.1 Å². The normalized spacial score (nSPS) is 13.6. The molecule has 1 fully saturated rings. The smallest absolute Gasteiger partial charge is 0.337 e. The Morgan fingerprint density at radius 2 is 2.21 bits per heavy atom. The quantitative estimate of drug-likeness (QED) is 0.212. The number of oxazole rings is 1. The molecule has 0 atom stereocenters. The maximum absolute atomic E-state index is 11.3. The molecule has 0 unspecified atom stereocenters. The molecule has 3 rings (SSSR count). The Morgan fingerprint density at radius 1 is 1.45 bits per heavy atom. The highest BCUT2D eigenvalue weighted by Gasteiger charge is 2.29. The molecule has 6 nitrogen and oxygen atoms in total. The summed E-state index contributed by atoms with van der Waals surface area (Å²) in [5.41, 5.74) is 2.02. The Morgan fingerprint density at radius 3 is 2.76 bits per heavy atom. The number of carbonyl (C=O) groups excluding carboxylic acids is 1. The Balaban J connectivity index is 0.000000313. The largest absolute Gasteiger partial charge is 0.495 e. The molecule has 0 aliphatic heterocycles. The van der Waals surface area contributed by atoms with Crippen molar-refractivity contribution in [3.05, 3.63) is 77.3 Å². The van der Waals surface area contributed by atoms with Crippen LogP contribution in [0, 0.1) is 6.92 Å². The number of carbonyl (C=O) groups is 1. The first-order valence-corrected chi connectivity index (χ1v) is 9.73. The maximum atomic E-state index is 11.3. The van der Waals surface area contributed by atoms with E-state index in [-0.39, 0.29) is 6.61 Å². The molecule has 0 aromatic carbocycles. The van der Waals surface area contributed by atoms with Gasteiger partial charge < -0.3 is 13.9 Å². The van der Waals surface area contributed by atoms with Crippen LogP contribution >= 0.6 is 24.2 Å². The highest BCUT2D eigenvalue weighted by atomic mass is 35.5. The average Bonchev–Trinajstić information content (AvgIpc) is 3.50. The number of hydrogen-bond acceptors (Lipinski definition) is 7. The standard InChI is InChI=1S/C15H17NO4S.C6H6ClN/c1-3-10(14(17)18-2)5-4-8-19-9-12-15(21)20-13(16-12)11-6-7-11;1-5-2-3-6(7)4-8-5/h3-5,8,11,21H,1,6-7,9H2,2H3;2-4H,1H3/b8-4+,10-5+;. The number of aromatic nitrogens is 2. The third-order valence-electron chi connectivity index (χ3n) is 3.81. The molecule has 0 saturated heterocycles. The van der Waals surface area contributed by atoms with Crippen LogP contribution in [0.2, 0.25) is 5.02 Å². The van der Waals surface area contributed by atoms with Crippen LogP contribution in [0.25, 0.3) is 0 Å². The van der Waals surface area contributed by atoms with Crippen molar-refractivity contribution in [2.24, 2.45) is 0 Å². The fraction of sp³-hybridized carbons (Fsp3) is 0.286. The summed E-state index contributed by atoms with van der Waals surface area (Å²) in [5.74, 6) is 0.735. The molecular weight excluding hydrogens is 412 g/mol. The van der Waals surface area contributed by atoms with Gasteiger partial charge in [-0.2, -0.15) is 0 Å². The number of methoxy groups -OCH3 is 1. The topological polar surface area (TPSA) is 74.5 Å².